The highest BCUT2D eigenvalue weighted by atomic mass is 79.9. The van der Waals surface area contributed by atoms with Crippen LogP contribution < -0.4 is 4.74 Å². The van der Waals surface area contributed by atoms with Crippen LogP contribution in [0.3, 0.4) is 0 Å². The third-order valence-corrected chi connectivity index (χ3v) is 5.38. The average Bonchev–Trinajstić information content (AvgIpc) is 2.68. The van der Waals surface area contributed by atoms with Crippen molar-refractivity contribution in [2.75, 3.05) is 7.11 Å². The summed E-state index contributed by atoms with van der Waals surface area (Å²) in [5.74, 6) is 0.142. The first-order chi connectivity index (χ1) is 12.8. The minimum atomic E-state index is 0.142. The lowest BCUT2D eigenvalue weighted by molar-refractivity contribution is 0.373. The summed E-state index contributed by atoms with van der Waals surface area (Å²) < 4.78 is 5.97. The van der Waals surface area contributed by atoms with E-state index in [1.54, 1.807) is 18.3 Å². The Kier molecular flexibility index (Phi) is 8.28. The summed E-state index contributed by atoms with van der Waals surface area (Å²) in [7, 11) is 1.48. The molecule has 0 aliphatic heterocycles. The van der Waals surface area contributed by atoms with Gasteiger partial charge in [-0.05, 0) is 68.1 Å². The monoisotopic (exact) mass is 533 g/mol. The Balaban J connectivity index is 0.000000223. The number of phenolic OH excluding ortho intramolecular Hbond substituents is 1. The number of ether oxygens (including phenoxy) is 1. The first kappa shape index (κ1) is 21.9. The molecule has 0 saturated heterocycles. The third kappa shape index (κ3) is 6.04. The molecule has 3 aromatic rings. The van der Waals surface area contributed by atoms with Gasteiger partial charge < -0.3 is 9.84 Å². The van der Waals surface area contributed by atoms with Crippen LogP contribution in [0.1, 0.15) is 12.5 Å². The van der Waals surface area contributed by atoms with Crippen molar-refractivity contribution in [3.63, 3.8) is 0 Å². The van der Waals surface area contributed by atoms with Crippen LogP contribution in [-0.4, -0.2) is 27.4 Å². The van der Waals surface area contributed by atoms with Gasteiger partial charge in [0.15, 0.2) is 0 Å². The Hall–Kier alpha value is -1.41. The molecule has 0 aliphatic carbocycles. The number of hydrogen-bond donors (Lipinski definition) is 1. The quantitative estimate of drug-likeness (QED) is 0.424. The lowest BCUT2D eigenvalue weighted by Gasteiger charge is -2.05. The molecule has 0 bridgehead atoms. The van der Waals surface area contributed by atoms with E-state index in [0.29, 0.717) is 24.7 Å². The molecular weight excluding hydrogens is 521 g/mol. The number of rotatable bonds is 3. The summed E-state index contributed by atoms with van der Waals surface area (Å²) in [5, 5.41) is 18.6. The van der Waals surface area contributed by atoms with Crippen molar-refractivity contribution in [2.45, 2.75) is 13.3 Å². The van der Waals surface area contributed by atoms with Crippen molar-refractivity contribution in [3.05, 3.63) is 61.1 Å². The number of methoxy groups -OCH3 is 1. The van der Waals surface area contributed by atoms with Crippen LogP contribution in [0.2, 0.25) is 10.0 Å². The molecule has 1 heterocycles. The molecule has 0 radical (unpaired) electrons. The van der Waals surface area contributed by atoms with Crippen LogP contribution in [-0.2, 0) is 6.42 Å². The summed E-state index contributed by atoms with van der Waals surface area (Å²) in [6.45, 7) is 2.08. The number of hydrogen-bond acceptors (Lipinski definition) is 5. The Labute approximate surface area is 184 Å². The van der Waals surface area contributed by atoms with Crippen LogP contribution in [0.15, 0.2) is 45.5 Å². The zero-order chi connectivity index (χ0) is 20.0. The molecule has 9 heteroatoms. The molecule has 5 nitrogen and oxygen atoms in total. The molecule has 2 aromatic carbocycles. The molecule has 0 spiro atoms. The lowest BCUT2D eigenvalue weighted by atomic mass is 10.1. The maximum atomic E-state index is 9.59. The highest BCUT2D eigenvalue weighted by Crippen LogP contribution is 2.36. The lowest BCUT2D eigenvalue weighted by Crippen LogP contribution is -1.95. The van der Waals surface area contributed by atoms with Crippen LogP contribution >= 0.6 is 55.1 Å². The van der Waals surface area contributed by atoms with Crippen LogP contribution in [0.4, 0.5) is 0 Å². The fraction of sp³-hybridized carbons (Fsp3) is 0.167. The van der Waals surface area contributed by atoms with Gasteiger partial charge in [0, 0.05) is 5.56 Å². The first-order valence-electron chi connectivity index (χ1n) is 7.71. The Morgan fingerprint density at radius 3 is 2.19 bits per heavy atom. The van der Waals surface area contributed by atoms with Crippen molar-refractivity contribution >= 4 is 55.1 Å². The van der Waals surface area contributed by atoms with E-state index in [9.17, 15) is 5.11 Å². The Bertz CT molecular complexity index is 902. The van der Waals surface area contributed by atoms with E-state index >= 15 is 0 Å². The minimum Gasteiger partial charge on any atom is -0.506 e. The maximum absolute atomic E-state index is 9.59. The summed E-state index contributed by atoms with van der Waals surface area (Å²) in [6.07, 6.45) is 2.55. The number of aryl methyl sites for hydroxylation is 1. The molecule has 0 unspecified atom stereocenters. The zero-order valence-corrected chi connectivity index (χ0v) is 19.1. The van der Waals surface area contributed by atoms with Crippen molar-refractivity contribution < 1.29 is 9.84 Å². The standard InChI is InChI=1S/C10H7Br2N3O2.C8H8Cl2/c1-17-10-13-4-8(14-15-10)5-2-6(11)9(16)7(12)3-5;1-2-6-3-4-7(9)8(10)5-6/h2-4,16H,1H3;3-5H,2H2,1H3. The number of aromatic hydroxyl groups is 1. The van der Waals surface area contributed by atoms with Gasteiger partial charge in [-0.15, -0.1) is 5.10 Å². The van der Waals surface area contributed by atoms with Gasteiger partial charge in [0.05, 0.1) is 32.3 Å². The van der Waals surface area contributed by atoms with E-state index in [1.165, 1.54) is 12.7 Å². The Morgan fingerprint density at radius 2 is 1.70 bits per heavy atom. The number of nitrogens with zero attached hydrogens (tertiary/aromatic N) is 3. The van der Waals surface area contributed by atoms with E-state index in [-0.39, 0.29) is 11.8 Å². The van der Waals surface area contributed by atoms with Crippen LogP contribution in [0.25, 0.3) is 11.3 Å². The summed E-state index contributed by atoms with van der Waals surface area (Å²) in [4.78, 5) is 3.97. The van der Waals surface area contributed by atoms with Crippen LogP contribution in [0.5, 0.6) is 11.8 Å². The van der Waals surface area contributed by atoms with Crippen molar-refractivity contribution in [1.82, 2.24) is 15.2 Å². The molecule has 0 saturated carbocycles. The molecule has 1 aromatic heterocycles. The molecule has 3 rings (SSSR count). The van der Waals surface area contributed by atoms with Crippen molar-refractivity contribution in [2.24, 2.45) is 0 Å². The summed E-state index contributed by atoms with van der Waals surface area (Å²) in [6, 6.07) is 9.38. The van der Waals surface area contributed by atoms with Gasteiger partial charge in [0.2, 0.25) is 0 Å². The van der Waals surface area contributed by atoms with E-state index in [2.05, 4.69) is 54.0 Å². The average molecular weight is 536 g/mol. The Morgan fingerprint density at radius 1 is 1.04 bits per heavy atom. The molecule has 0 aliphatic rings. The predicted octanol–water partition coefficient (Wildman–Crippen LogP) is 6.33. The highest BCUT2D eigenvalue weighted by Gasteiger charge is 2.09. The van der Waals surface area contributed by atoms with Gasteiger partial charge in [-0.2, -0.15) is 0 Å². The molecule has 0 atom stereocenters. The third-order valence-electron chi connectivity index (χ3n) is 3.43. The number of halogens is 4. The molecule has 1 N–H and O–H groups in total. The minimum absolute atomic E-state index is 0.142. The van der Waals surface area contributed by atoms with E-state index in [4.69, 9.17) is 27.9 Å². The maximum Gasteiger partial charge on any atom is 0.335 e. The van der Waals surface area contributed by atoms with E-state index in [1.807, 2.05) is 18.2 Å². The van der Waals surface area contributed by atoms with Crippen molar-refractivity contribution in [3.8, 4) is 23.0 Å². The van der Waals surface area contributed by atoms with Crippen molar-refractivity contribution in [1.29, 1.82) is 0 Å². The second kappa shape index (κ2) is 10.2. The normalized spacial score (nSPS) is 10.1. The second-order valence-corrected chi connectivity index (χ2v) is 7.74. The summed E-state index contributed by atoms with van der Waals surface area (Å²) in [5.41, 5.74) is 2.59. The molecule has 0 fully saturated rings. The van der Waals surface area contributed by atoms with Gasteiger partial charge in [0.1, 0.15) is 11.4 Å². The summed E-state index contributed by atoms with van der Waals surface area (Å²) >= 11 is 18.0. The van der Waals surface area contributed by atoms with E-state index in [0.717, 1.165) is 12.0 Å². The predicted molar refractivity (Wildman–Crippen MR) is 115 cm³/mol. The smallest absolute Gasteiger partial charge is 0.335 e. The number of benzene rings is 2. The second-order valence-electron chi connectivity index (χ2n) is 5.22. The molecule has 142 valence electrons. The first-order valence-corrected chi connectivity index (χ1v) is 10.1. The van der Waals surface area contributed by atoms with Gasteiger partial charge in [-0.25, -0.2) is 4.98 Å². The van der Waals surface area contributed by atoms with Crippen LogP contribution in [0, 0.1) is 0 Å². The topological polar surface area (TPSA) is 68.1 Å². The zero-order valence-electron chi connectivity index (χ0n) is 14.4. The molecular formula is C18H15Br2Cl2N3O2. The van der Waals surface area contributed by atoms with Gasteiger partial charge in [-0.1, -0.05) is 41.3 Å². The van der Waals surface area contributed by atoms with Gasteiger partial charge in [-0.3, -0.25) is 0 Å². The van der Waals surface area contributed by atoms with Gasteiger partial charge in [0.25, 0.3) is 0 Å². The number of aromatic nitrogens is 3. The largest absolute Gasteiger partial charge is 0.506 e. The molecule has 27 heavy (non-hydrogen) atoms. The highest BCUT2D eigenvalue weighted by molar-refractivity contribution is 9.11. The fourth-order valence-corrected chi connectivity index (χ4v) is 3.47. The number of phenols is 1. The van der Waals surface area contributed by atoms with Gasteiger partial charge >= 0.3 is 6.01 Å². The fourth-order valence-electron chi connectivity index (χ4n) is 1.96. The SMILES string of the molecule is CCc1ccc(Cl)c(Cl)c1.COc1ncc(-c2cc(Br)c(O)c(Br)c2)nn1. The molecule has 0 amide bonds. The van der Waals surface area contributed by atoms with E-state index < -0.39 is 0 Å².